The van der Waals surface area contributed by atoms with E-state index in [0.29, 0.717) is 16.8 Å². The zero-order valence-electron chi connectivity index (χ0n) is 11.4. The topological polar surface area (TPSA) is 69.2 Å². The molecule has 4 aromatic rings. The summed E-state index contributed by atoms with van der Waals surface area (Å²) in [6, 6.07) is 16.3. The first-order chi connectivity index (χ1) is 10.8. The predicted molar refractivity (Wildman–Crippen MR) is 83.6 cm³/mol. The van der Waals surface area contributed by atoms with Crippen LogP contribution in [0.2, 0.25) is 0 Å². The first kappa shape index (κ1) is 12.5. The van der Waals surface area contributed by atoms with Gasteiger partial charge in [-0.1, -0.05) is 30.3 Å². The molecule has 0 unspecified atom stereocenters. The van der Waals surface area contributed by atoms with Gasteiger partial charge in [-0.3, -0.25) is 10.1 Å². The molecule has 2 heterocycles. The van der Waals surface area contributed by atoms with Crippen molar-refractivity contribution in [1.29, 1.82) is 0 Å². The monoisotopic (exact) mass is 290 g/mol. The number of hydrogen-bond donors (Lipinski definition) is 0. The van der Waals surface area contributed by atoms with Gasteiger partial charge >= 0.3 is 0 Å². The van der Waals surface area contributed by atoms with Crippen LogP contribution >= 0.6 is 0 Å². The van der Waals surface area contributed by atoms with E-state index in [2.05, 4.69) is 4.98 Å². The average molecular weight is 290 g/mol. The van der Waals surface area contributed by atoms with Crippen LogP contribution in [-0.2, 0) is 0 Å². The second-order valence-corrected chi connectivity index (χ2v) is 4.91. The molecule has 0 fully saturated rings. The Labute approximate surface area is 125 Å². The Hall–Kier alpha value is -3.21. The summed E-state index contributed by atoms with van der Waals surface area (Å²) in [7, 11) is 0. The summed E-state index contributed by atoms with van der Waals surface area (Å²) >= 11 is 0. The van der Waals surface area contributed by atoms with Gasteiger partial charge in [0.1, 0.15) is 11.2 Å². The SMILES string of the molecule is O=[N+]([O-])c1cccnc1-c1cccc2c1oc1ccccc12. The number of hydrogen-bond acceptors (Lipinski definition) is 4. The summed E-state index contributed by atoms with van der Waals surface area (Å²) in [5, 5.41) is 13.1. The highest BCUT2D eigenvalue weighted by atomic mass is 16.6. The van der Waals surface area contributed by atoms with Gasteiger partial charge in [0.25, 0.3) is 5.69 Å². The van der Waals surface area contributed by atoms with E-state index in [-0.39, 0.29) is 5.69 Å². The van der Waals surface area contributed by atoms with Gasteiger partial charge in [-0.15, -0.1) is 0 Å². The third-order valence-electron chi connectivity index (χ3n) is 3.64. The van der Waals surface area contributed by atoms with Gasteiger partial charge in [0.2, 0.25) is 0 Å². The Kier molecular flexibility index (Phi) is 2.66. The lowest BCUT2D eigenvalue weighted by Gasteiger charge is -2.02. The zero-order valence-corrected chi connectivity index (χ0v) is 11.4. The van der Waals surface area contributed by atoms with E-state index in [1.165, 1.54) is 6.07 Å². The van der Waals surface area contributed by atoms with Crippen LogP contribution in [0.5, 0.6) is 0 Å². The number of nitro groups is 1. The summed E-state index contributed by atoms with van der Waals surface area (Å²) in [5.74, 6) is 0. The van der Waals surface area contributed by atoms with Crippen LogP contribution in [0.25, 0.3) is 33.2 Å². The quantitative estimate of drug-likeness (QED) is 0.401. The number of pyridine rings is 1. The van der Waals surface area contributed by atoms with Crippen LogP contribution in [0.1, 0.15) is 0 Å². The van der Waals surface area contributed by atoms with Crippen LogP contribution < -0.4 is 0 Å². The summed E-state index contributed by atoms with van der Waals surface area (Å²) in [4.78, 5) is 15.0. The third-order valence-corrected chi connectivity index (χ3v) is 3.64. The summed E-state index contributed by atoms with van der Waals surface area (Å²) in [6.07, 6.45) is 1.55. The van der Waals surface area contributed by atoms with Crippen molar-refractivity contribution in [2.45, 2.75) is 0 Å². The van der Waals surface area contributed by atoms with E-state index < -0.39 is 4.92 Å². The minimum Gasteiger partial charge on any atom is -0.455 e. The van der Waals surface area contributed by atoms with E-state index >= 15 is 0 Å². The number of para-hydroxylation sites is 2. The third kappa shape index (κ3) is 1.76. The lowest BCUT2D eigenvalue weighted by Crippen LogP contribution is -1.94. The Morgan fingerprint density at radius 1 is 0.955 bits per heavy atom. The van der Waals surface area contributed by atoms with E-state index in [9.17, 15) is 10.1 Å². The fraction of sp³-hybridized carbons (Fsp3) is 0. The molecule has 2 aromatic heterocycles. The molecule has 2 aromatic carbocycles. The first-order valence-electron chi connectivity index (χ1n) is 6.76. The van der Waals surface area contributed by atoms with E-state index in [1.54, 1.807) is 18.3 Å². The van der Waals surface area contributed by atoms with Gasteiger partial charge in [-0.05, 0) is 18.2 Å². The maximum Gasteiger partial charge on any atom is 0.295 e. The van der Waals surface area contributed by atoms with Gasteiger partial charge in [0.15, 0.2) is 5.69 Å². The van der Waals surface area contributed by atoms with E-state index in [4.69, 9.17) is 4.42 Å². The smallest absolute Gasteiger partial charge is 0.295 e. The Bertz CT molecular complexity index is 1020. The van der Waals surface area contributed by atoms with Crippen LogP contribution in [-0.4, -0.2) is 9.91 Å². The second kappa shape index (κ2) is 4.66. The summed E-state index contributed by atoms with van der Waals surface area (Å²) in [5.41, 5.74) is 2.28. The Morgan fingerprint density at radius 3 is 2.64 bits per heavy atom. The van der Waals surface area contributed by atoms with Gasteiger partial charge in [-0.25, -0.2) is 4.98 Å². The zero-order chi connectivity index (χ0) is 15.1. The van der Waals surface area contributed by atoms with Crippen molar-refractivity contribution in [3.8, 4) is 11.3 Å². The predicted octanol–water partition coefficient (Wildman–Crippen LogP) is 4.56. The van der Waals surface area contributed by atoms with Crippen molar-refractivity contribution in [2.24, 2.45) is 0 Å². The lowest BCUT2D eigenvalue weighted by molar-refractivity contribution is -0.384. The van der Waals surface area contributed by atoms with Crippen molar-refractivity contribution in [3.63, 3.8) is 0 Å². The lowest BCUT2D eigenvalue weighted by atomic mass is 10.1. The largest absolute Gasteiger partial charge is 0.455 e. The molecule has 0 radical (unpaired) electrons. The van der Waals surface area contributed by atoms with Crippen LogP contribution in [0.15, 0.2) is 65.2 Å². The number of furan rings is 1. The molecular formula is C17H10N2O3. The molecule has 0 saturated carbocycles. The van der Waals surface area contributed by atoms with Gasteiger partial charge < -0.3 is 4.42 Å². The fourth-order valence-electron chi connectivity index (χ4n) is 2.69. The summed E-state index contributed by atoms with van der Waals surface area (Å²) in [6.45, 7) is 0. The van der Waals surface area contributed by atoms with Crippen LogP contribution in [0.3, 0.4) is 0 Å². The number of benzene rings is 2. The van der Waals surface area contributed by atoms with Crippen LogP contribution in [0.4, 0.5) is 5.69 Å². The van der Waals surface area contributed by atoms with Crippen molar-refractivity contribution in [3.05, 3.63) is 70.9 Å². The molecule has 0 amide bonds. The second-order valence-electron chi connectivity index (χ2n) is 4.91. The molecular weight excluding hydrogens is 280 g/mol. The van der Waals surface area contributed by atoms with Crippen LogP contribution in [0, 0.1) is 10.1 Å². The molecule has 4 rings (SSSR count). The molecule has 0 bridgehead atoms. The molecule has 0 aliphatic carbocycles. The highest BCUT2D eigenvalue weighted by Crippen LogP contribution is 2.37. The molecule has 106 valence electrons. The normalized spacial score (nSPS) is 11.1. The number of rotatable bonds is 2. The molecule has 0 aliphatic rings. The van der Waals surface area contributed by atoms with Crippen molar-refractivity contribution < 1.29 is 9.34 Å². The van der Waals surface area contributed by atoms with Gasteiger partial charge in [0, 0.05) is 23.0 Å². The van der Waals surface area contributed by atoms with Crippen molar-refractivity contribution in [2.75, 3.05) is 0 Å². The number of aromatic nitrogens is 1. The standard InChI is InChI=1S/C17H10N2O3/c20-19(21)14-8-4-10-18-16(14)13-7-3-6-12-11-5-1-2-9-15(11)22-17(12)13/h1-10H. The highest BCUT2D eigenvalue weighted by Gasteiger charge is 2.20. The molecule has 0 spiro atoms. The van der Waals surface area contributed by atoms with E-state index in [1.807, 2.05) is 36.4 Å². The fourth-order valence-corrected chi connectivity index (χ4v) is 2.69. The Balaban J connectivity index is 2.10. The molecule has 0 saturated heterocycles. The molecule has 5 nitrogen and oxygen atoms in total. The molecule has 0 atom stereocenters. The summed E-state index contributed by atoms with van der Waals surface area (Å²) < 4.78 is 5.91. The van der Waals surface area contributed by atoms with Crippen molar-refractivity contribution >= 4 is 27.6 Å². The first-order valence-corrected chi connectivity index (χ1v) is 6.76. The molecule has 0 N–H and O–H groups in total. The number of nitrogens with zero attached hydrogens (tertiary/aromatic N) is 2. The minimum absolute atomic E-state index is 0.0320. The average Bonchev–Trinajstić information content (AvgIpc) is 2.93. The number of fused-ring (bicyclic) bond motifs is 3. The Morgan fingerprint density at radius 2 is 1.77 bits per heavy atom. The minimum atomic E-state index is -0.427. The maximum atomic E-state index is 11.2. The highest BCUT2D eigenvalue weighted by molar-refractivity contribution is 6.09. The van der Waals surface area contributed by atoms with Gasteiger partial charge in [0.05, 0.1) is 10.5 Å². The van der Waals surface area contributed by atoms with Gasteiger partial charge in [-0.2, -0.15) is 0 Å². The van der Waals surface area contributed by atoms with E-state index in [0.717, 1.165) is 16.4 Å². The maximum absolute atomic E-state index is 11.2. The van der Waals surface area contributed by atoms with Crippen molar-refractivity contribution in [1.82, 2.24) is 4.98 Å². The molecule has 5 heteroatoms. The molecule has 0 aliphatic heterocycles. The molecule has 22 heavy (non-hydrogen) atoms.